The fourth-order valence-electron chi connectivity index (χ4n) is 3.01. The summed E-state index contributed by atoms with van der Waals surface area (Å²) in [6.07, 6.45) is 3.42. The number of nitrogens with one attached hydrogen (secondary N) is 2. The van der Waals surface area contributed by atoms with Gasteiger partial charge >= 0.3 is 0 Å². The molecule has 1 aliphatic heterocycles. The highest BCUT2D eigenvalue weighted by Gasteiger charge is 2.28. The molecule has 2 aromatic rings. The van der Waals surface area contributed by atoms with Crippen LogP contribution in [0.5, 0.6) is 0 Å². The zero-order valence-electron chi connectivity index (χ0n) is 16.3. The maximum Gasteiger partial charge on any atom is 0.253 e. The second-order valence-electron chi connectivity index (χ2n) is 7.76. The van der Waals surface area contributed by atoms with Gasteiger partial charge in [0.25, 0.3) is 5.91 Å². The summed E-state index contributed by atoms with van der Waals surface area (Å²) >= 11 is 0. The number of hydrogen-bond donors (Lipinski definition) is 2. The van der Waals surface area contributed by atoms with E-state index in [9.17, 15) is 4.79 Å². The first-order valence-electron chi connectivity index (χ1n) is 9.29. The van der Waals surface area contributed by atoms with Crippen LogP contribution in [0.3, 0.4) is 0 Å². The van der Waals surface area contributed by atoms with E-state index in [4.69, 9.17) is 9.26 Å². The van der Waals surface area contributed by atoms with Crippen molar-refractivity contribution in [2.75, 3.05) is 11.9 Å². The van der Waals surface area contributed by atoms with E-state index in [2.05, 4.69) is 39.6 Å². The number of carbonyl (C=O) groups is 1. The zero-order chi connectivity index (χ0) is 19.4. The highest BCUT2D eigenvalue weighted by Crippen LogP contribution is 2.25. The Morgan fingerprint density at radius 2 is 2.19 bits per heavy atom. The van der Waals surface area contributed by atoms with Crippen LogP contribution in [0.15, 0.2) is 22.9 Å². The van der Waals surface area contributed by atoms with Crippen LogP contribution in [0.2, 0.25) is 0 Å². The Morgan fingerprint density at radius 1 is 1.37 bits per heavy atom. The van der Waals surface area contributed by atoms with Gasteiger partial charge in [0.1, 0.15) is 5.82 Å². The van der Waals surface area contributed by atoms with Gasteiger partial charge in [0.05, 0.1) is 17.7 Å². The average Bonchev–Trinajstić information content (AvgIpc) is 3.09. The van der Waals surface area contributed by atoms with Crippen molar-refractivity contribution in [3.8, 4) is 0 Å². The molecule has 0 radical (unpaired) electrons. The first-order valence-corrected chi connectivity index (χ1v) is 9.29. The van der Waals surface area contributed by atoms with Gasteiger partial charge in [-0.05, 0) is 38.8 Å². The monoisotopic (exact) mass is 373 g/mol. The Bertz CT molecular complexity index is 770. The van der Waals surface area contributed by atoms with E-state index in [1.54, 1.807) is 12.3 Å². The lowest BCUT2D eigenvalue weighted by molar-refractivity contribution is -0.0553. The van der Waals surface area contributed by atoms with E-state index in [0.29, 0.717) is 23.3 Å². The maximum absolute atomic E-state index is 12.3. The van der Waals surface area contributed by atoms with Gasteiger partial charge in [-0.25, -0.2) is 4.98 Å². The molecule has 27 heavy (non-hydrogen) atoms. The van der Waals surface area contributed by atoms with Crippen LogP contribution in [-0.4, -0.2) is 39.3 Å². The third-order valence-corrected chi connectivity index (χ3v) is 4.46. The van der Waals surface area contributed by atoms with Crippen LogP contribution >= 0.6 is 0 Å². The van der Waals surface area contributed by atoms with Crippen LogP contribution < -0.4 is 10.6 Å². The van der Waals surface area contributed by atoms with E-state index in [1.165, 1.54) is 0 Å². The van der Waals surface area contributed by atoms with Crippen LogP contribution in [-0.2, 0) is 11.3 Å². The number of anilines is 1. The van der Waals surface area contributed by atoms with Crippen LogP contribution in [0.1, 0.15) is 68.5 Å². The molecule has 146 valence electrons. The van der Waals surface area contributed by atoms with Gasteiger partial charge in [-0.3, -0.25) is 4.79 Å². The summed E-state index contributed by atoms with van der Waals surface area (Å²) in [7, 11) is 0. The van der Waals surface area contributed by atoms with E-state index in [1.807, 2.05) is 19.9 Å². The van der Waals surface area contributed by atoms with Gasteiger partial charge in [-0.2, -0.15) is 4.98 Å². The lowest BCUT2D eigenvalue weighted by Crippen LogP contribution is -2.40. The van der Waals surface area contributed by atoms with Crippen LogP contribution in [0.4, 0.5) is 5.82 Å². The molecule has 1 saturated heterocycles. The Hall–Kier alpha value is -2.48. The number of aromatic nitrogens is 3. The molecule has 3 heterocycles. The van der Waals surface area contributed by atoms with Gasteiger partial charge in [0.2, 0.25) is 5.89 Å². The molecule has 1 atom stereocenters. The lowest BCUT2D eigenvalue weighted by Gasteiger charge is -2.36. The lowest BCUT2D eigenvalue weighted by atomic mass is 9.94. The quantitative estimate of drug-likeness (QED) is 0.802. The maximum atomic E-state index is 12.3. The topological polar surface area (TPSA) is 102 Å². The van der Waals surface area contributed by atoms with Gasteiger partial charge in [0.15, 0.2) is 5.82 Å². The summed E-state index contributed by atoms with van der Waals surface area (Å²) < 4.78 is 10.9. The second-order valence-corrected chi connectivity index (χ2v) is 7.76. The SMILES string of the molecule is CC(C)c1nc(CNC(=O)c2ccc(N[C@@H]3CCOC(C)(C)C3)nc2)no1. The van der Waals surface area contributed by atoms with E-state index >= 15 is 0 Å². The van der Waals surface area contributed by atoms with Gasteiger partial charge in [0, 0.05) is 24.8 Å². The van der Waals surface area contributed by atoms with Crippen molar-refractivity contribution in [2.45, 2.75) is 64.6 Å². The number of hydrogen-bond acceptors (Lipinski definition) is 7. The third kappa shape index (κ3) is 5.26. The number of carbonyl (C=O) groups excluding carboxylic acids is 1. The zero-order valence-corrected chi connectivity index (χ0v) is 16.3. The molecule has 2 aromatic heterocycles. The normalized spacial score (nSPS) is 19.1. The fourth-order valence-corrected chi connectivity index (χ4v) is 3.01. The van der Waals surface area contributed by atoms with E-state index in [-0.39, 0.29) is 24.0 Å². The van der Waals surface area contributed by atoms with Crippen molar-refractivity contribution in [2.24, 2.45) is 0 Å². The summed E-state index contributed by atoms with van der Waals surface area (Å²) in [4.78, 5) is 20.9. The number of pyridine rings is 1. The van der Waals surface area contributed by atoms with Crippen molar-refractivity contribution in [3.63, 3.8) is 0 Å². The first-order chi connectivity index (χ1) is 12.8. The number of rotatable bonds is 6. The van der Waals surface area contributed by atoms with Gasteiger partial charge in [-0.15, -0.1) is 0 Å². The third-order valence-electron chi connectivity index (χ3n) is 4.46. The molecule has 1 amide bonds. The highest BCUT2D eigenvalue weighted by atomic mass is 16.5. The molecule has 3 rings (SSSR count). The van der Waals surface area contributed by atoms with Crippen molar-refractivity contribution < 1.29 is 14.1 Å². The van der Waals surface area contributed by atoms with Gasteiger partial charge < -0.3 is 19.9 Å². The summed E-state index contributed by atoms with van der Waals surface area (Å²) in [6, 6.07) is 3.89. The molecule has 0 saturated carbocycles. The minimum Gasteiger partial charge on any atom is -0.375 e. The Balaban J connectivity index is 1.52. The Morgan fingerprint density at radius 3 is 2.81 bits per heavy atom. The number of nitrogens with zero attached hydrogens (tertiary/aromatic N) is 3. The predicted octanol–water partition coefficient (Wildman–Crippen LogP) is 2.89. The minimum absolute atomic E-state index is 0.125. The van der Waals surface area contributed by atoms with Crippen molar-refractivity contribution in [3.05, 3.63) is 35.6 Å². The largest absolute Gasteiger partial charge is 0.375 e. The predicted molar refractivity (Wildman–Crippen MR) is 100 cm³/mol. The summed E-state index contributed by atoms with van der Waals surface area (Å²) in [5, 5.41) is 10.1. The molecule has 0 aliphatic carbocycles. The van der Waals surface area contributed by atoms with Crippen LogP contribution in [0, 0.1) is 0 Å². The summed E-state index contributed by atoms with van der Waals surface area (Å²) in [5.41, 5.74) is 0.362. The number of amides is 1. The molecule has 1 fully saturated rings. The van der Waals surface area contributed by atoms with E-state index < -0.39 is 0 Å². The standard InChI is InChI=1S/C19H27N5O3/c1-12(2)18-23-16(24-27-18)11-21-17(25)13-5-6-15(20-10-13)22-14-7-8-26-19(3,4)9-14/h5-6,10,12,14H,7-9,11H2,1-4H3,(H,20,22)(H,21,25)/t14-/m1/s1. The van der Waals surface area contributed by atoms with Crippen molar-refractivity contribution in [1.29, 1.82) is 0 Å². The molecule has 2 N–H and O–H groups in total. The Kier molecular flexibility index (Phi) is 5.74. The molecular weight excluding hydrogens is 346 g/mol. The smallest absolute Gasteiger partial charge is 0.253 e. The molecule has 0 spiro atoms. The molecule has 0 bridgehead atoms. The van der Waals surface area contributed by atoms with Gasteiger partial charge in [-0.1, -0.05) is 19.0 Å². The summed E-state index contributed by atoms with van der Waals surface area (Å²) in [6.45, 7) is 9.08. The molecule has 8 heteroatoms. The molecule has 0 aromatic carbocycles. The molecular formula is C19H27N5O3. The number of ether oxygens (including phenoxy) is 1. The molecule has 0 unspecified atom stereocenters. The second kappa shape index (κ2) is 8.04. The molecule has 1 aliphatic rings. The minimum atomic E-state index is -0.225. The van der Waals surface area contributed by atoms with Crippen molar-refractivity contribution in [1.82, 2.24) is 20.4 Å². The van der Waals surface area contributed by atoms with Crippen molar-refractivity contribution >= 4 is 11.7 Å². The highest BCUT2D eigenvalue weighted by molar-refractivity contribution is 5.93. The fraction of sp³-hybridized carbons (Fsp3) is 0.579. The molecule has 8 nitrogen and oxygen atoms in total. The van der Waals surface area contributed by atoms with E-state index in [0.717, 1.165) is 25.3 Å². The first kappa shape index (κ1) is 19.3. The average molecular weight is 373 g/mol. The Labute approximate surface area is 159 Å². The van der Waals surface area contributed by atoms with Crippen LogP contribution in [0.25, 0.3) is 0 Å². The summed E-state index contributed by atoms with van der Waals surface area (Å²) in [5.74, 6) is 1.71.